The molecular formula is C15H21N3. The topological polar surface area (TPSA) is 28.2 Å². The van der Waals surface area contributed by atoms with E-state index in [-0.39, 0.29) is 0 Å². The molecule has 3 nitrogen and oxygen atoms in total. The molecule has 3 heteroatoms. The molecule has 1 aromatic heterocycles. The van der Waals surface area contributed by atoms with Crippen LogP contribution in [0.5, 0.6) is 0 Å². The fourth-order valence-corrected chi connectivity index (χ4v) is 2.39. The van der Waals surface area contributed by atoms with Gasteiger partial charge in [0, 0.05) is 43.6 Å². The van der Waals surface area contributed by atoms with Gasteiger partial charge < -0.3 is 10.2 Å². The van der Waals surface area contributed by atoms with E-state index in [4.69, 9.17) is 6.42 Å². The van der Waals surface area contributed by atoms with Crippen molar-refractivity contribution in [2.24, 2.45) is 0 Å². The molecular weight excluding hydrogens is 222 g/mol. The summed E-state index contributed by atoms with van der Waals surface area (Å²) in [7, 11) is 0. The molecule has 0 bridgehead atoms. The van der Waals surface area contributed by atoms with Crippen LogP contribution in [0.4, 0.5) is 5.69 Å². The molecule has 1 fully saturated rings. The predicted octanol–water partition coefficient (Wildman–Crippen LogP) is 2.05. The van der Waals surface area contributed by atoms with Gasteiger partial charge in [0.1, 0.15) is 0 Å². The second-order valence-electron chi connectivity index (χ2n) is 4.73. The number of aromatic nitrogens is 1. The molecule has 1 aliphatic rings. The quantitative estimate of drug-likeness (QED) is 0.634. The van der Waals surface area contributed by atoms with E-state index in [0.29, 0.717) is 6.04 Å². The molecule has 0 aromatic carbocycles. The van der Waals surface area contributed by atoms with E-state index in [9.17, 15) is 0 Å². The third kappa shape index (κ3) is 3.75. The predicted molar refractivity (Wildman–Crippen MR) is 75.5 cm³/mol. The van der Waals surface area contributed by atoms with Gasteiger partial charge in [-0.2, -0.15) is 0 Å². The van der Waals surface area contributed by atoms with Crippen LogP contribution in [-0.2, 0) is 0 Å². The maximum absolute atomic E-state index is 5.24. The Balaban J connectivity index is 1.70. The Morgan fingerprint density at radius 3 is 2.72 bits per heavy atom. The van der Waals surface area contributed by atoms with Crippen LogP contribution < -0.4 is 10.2 Å². The highest BCUT2D eigenvalue weighted by Gasteiger charge is 2.18. The molecule has 1 N–H and O–H groups in total. The number of unbranched alkanes of at least 4 members (excludes halogenated alkanes) is 1. The Bertz CT molecular complexity index is 374. The summed E-state index contributed by atoms with van der Waals surface area (Å²) in [6, 6.07) is 4.82. The van der Waals surface area contributed by atoms with E-state index in [1.807, 2.05) is 12.4 Å². The van der Waals surface area contributed by atoms with Gasteiger partial charge in [-0.25, -0.2) is 0 Å². The van der Waals surface area contributed by atoms with Gasteiger partial charge in [-0.1, -0.05) is 0 Å². The first-order valence-electron chi connectivity index (χ1n) is 6.72. The number of terminal acetylenes is 1. The molecule has 0 unspecified atom stereocenters. The van der Waals surface area contributed by atoms with Crippen molar-refractivity contribution in [3.63, 3.8) is 0 Å². The molecule has 1 saturated heterocycles. The zero-order valence-electron chi connectivity index (χ0n) is 10.8. The first-order chi connectivity index (χ1) is 8.90. The zero-order valence-corrected chi connectivity index (χ0v) is 10.8. The van der Waals surface area contributed by atoms with Crippen LogP contribution in [0, 0.1) is 12.3 Å². The number of piperidine rings is 1. The summed E-state index contributed by atoms with van der Waals surface area (Å²) in [6.07, 6.45) is 13.3. The smallest absolute Gasteiger partial charge is 0.0397 e. The van der Waals surface area contributed by atoms with Crippen molar-refractivity contribution in [2.75, 3.05) is 24.5 Å². The highest BCUT2D eigenvalue weighted by Crippen LogP contribution is 2.18. The Morgan fingerprint density at radius 2 is 2.06 bits per heavy atom. The standard InChI is InChI=1S/C15H21N3/c1-2-3-4-9-17-14-7-12-18(13-8-14)15-5-10-16-11-6-15/h1,5-6,10-11,14,17H,3-4,7-9,12-13H2. The number of rotatable bonds is 5. The molecule has 0 aliphatic carbocycles. The van der Waals surface area contributed by atoms with Crippen LogP contribution in [0.1, 0.15) is 25.7 Å². The summed E-state index contributed by atoms with van der Waals surface area (Å²) >= 11 is 0. The summed E-state index contributed by atoms with van der Waals surface area (Å²) in [6.45, 7) is 3.29. The van der Waals surface area contributed by atoms with E-state index in [0.717, 1.165) is 32.5 Å². The third-order valence-electron chi connectivity index (χ3n) is 3.45. The van der Waals surface area contributed by atoms with Crippen LogP contribution in [0.25, 0.3) is 0 Å². The van der Waals surface area contributed by atoms with Crippen LogP contribution in [0.15, 0.2) is 24.5 Å². The van der Waals surface area contributed by atoms with Crippen molar-refractivity contribution in [3.05, 3.63) is 24.5 Å². The molecule has 2 heterocycles. The first kappa shape index (κ1) is 12.9. The minimum absolute atomic E-state index is 0.654. The van der Waals surface area contributed by atoms with Gasteiger partial charge in [0.2, 0.25) is 0 Å². The van der Waals surface area contributed by atoms with Crippen LogP contribution in [0.3, 0.4) is 0 Å². The number of hydrogen-bond acceptors (Lipinski definition) is 3. The molecule has 18 heavy (non-hydrogen) atoms. The molecule has 96 valence electrons. The number of anilines is 1. The SMILES string of the molecule is C#CCCCNC1CCN(c2ccncc2)CC1. The van der Waals surface area contributed by atoms with Crippen molar-refractivity contribution in [3.8, 4) is 12.3 Å². The van der Waals surface area contributed by atoms with Gasteiger partial charge in [-0.15, -0.1) is 12.3 Å². The zero-order chi connectivity index (χ0) is 12.6. The van der Waals surface area contributed by atoms with Crippen molar-refractivity contribution < 1.29 is 0 Å². The van der Waals surface area contributed by atoms with Crippen molar-refractivity contribution in [1.82, 2.24) is 10.3 Å². The number of pyridine rings is 1. The highest BCUT2D eigenvalue weighted by molar-refractivity contribution is 5.44. The van der Waals surface area contributed by atoms with E-state index >= 15 is 0 Å². The van der Waals surface area contributed by atoms with Crippen molar-refractivity contribution in [1.29, 1.82) is 0 Å². The third-order valence-corrected chi connectivity index (χ3v) is 3.45. The Hall–Kier alpha value is -1.53. The fraction of sp³-hybridized carbons (Fsp3) is 0.533. The van der Waals surface area contributed by atoms with Gasteiger partial charge in [0.25, 0.3) is 0 Å². The molecule has 1 aliphatic heterocycles. The lowest BCUT2D eigenvalue weighted by Crippen LogP contribution is -2.42. The Labute approximate surface area is 110 Å². The van der Waals surface area contributed by atoms with Crippen molar-refractivity contribution in [2.45, 2.75) is 31.7 Å². The molecule has 0 atom stereocenters. The van der Waals surface area contributed by atoms with E-state index in [2.05, 4.69) is 33.3 Å². The van der Waals surface area contributed by atoms with Crippen LogP contribution in [-0.4, -0.2) is 30.7 Å². The lowest BCUT2D eigenvalue weighted by molar-refractivity contribution is 0.414. The number of hydrogen-bond donors (Lipinski definition) is 1. The maximum atomic E-state index is 5.24. The van der Waals surface area contributed by atoms with Gasteiger partial charge in [0.05, 0.1) is 0 Å². The molecule has 0 spiro atoms. The molecule has 0 radical (unpaired) electrons. The average Bonchev–Trinajstić information content (AvgIpc) is 2.45. The molecule has 1 aromatic rings. The maximum Gasteiger partial charge on any atom is 0.0397 e. The molecule has 2 rings (SSSR count). The molecule has 0 saturated carbocycles. The van der Waals surface area contributed by atoms with Crippen molar-refractivity contribution >= 4 is 5.69 Å². The lowest BCUT2D eigenvalue weighted by atomic mass is 10.0. The Kier molecular flexibility index (Phi) is 5.04. The normalized spacial score (nSPS) is 16.5. The monoisotopic (exact) mass is 243 g/mol. The first-order valence-corrected chi connectivity index (χ1v) is 6.72. The summed E-state index contributed by atoms with van der Waals surface area (Å²) in [5.74, 6) is 2.68. The second-order valence-corrected chi connectivity index (χ2v) is 4.73. The Morgan fingerprint density at radius 1 is 1.33 bits per heavy atom. The largest absolute Gasteiger partial charge is 0.371 e. The van der Waals surface area contributed by atoms with E-state index in [1.165, 1.54) is 18.5 Å². The summed E-state index contributed by atoms with van der Waals surface area (Å²) in [5.41, 5.74) is 1.29. The van der Waals surface area contributed by atoms with Gasteiger partial charge in [-0.05, 0) is 37.9 Å². The van der Waals surface area contributed by atoms with Gasteiger partial charge in [-0.3, -0.25) is 4.98 Å². The van der Waals surface area contributed by atoms with Gasteiger partial charge in [0.15, 0.2) is 0 Å². The summed E-state index contributed by atoms with van der Waals surface area (Å²) in [5, 5.41) is 3.59. The summed E-state index contributed by atoms with van der Waals surface area (Å²) in [4.78, 5) is 6.49. The van der Waals surface area contributed by atoms with Crippen LogP contribution in [0.2, 0.25) is 0 Å². The van der Waals surface area contributed by atoms with E-state index < -0.39 is 0 Å². The van der Waals surface area contributed by atoms with E-state index in [1.54, 1.807) is 0 Å². The second kappa shape index (κ2) is 7.03. The number of nitrogens with one attached hydrogen (secondary N) is 1. The fourth-order valence-electron chi connectivity index (χ4n) is 2.39. The average molecular weight is 243 g/mol. The lowest BCUT2D eigenvalue weighted by Gasteiger charge is -2.34. The number of nitrogens with zero attached hydrogens (tertiary/aromatic N) is 2. The minimum atomic E-state index is 0.654. The van der Waals surface area contributed by atoms with Crippen LogP contribution >= 0.6 is 0 Å². The summed E-state index contributed by atoms with van der Waals surface area (Å²) < 4.78 is 0. The van der Waals surface area contributed by atoms with Gasteiger partial charge >= 0.3 is 0 Å². The molecule has 0 amide bonds. The minimum Gasteiger partial charge on any atom is -0.371 e. The highest BCUT2D eigenvalue weighted by atomic mass is 15.1.